The van der Waals surface area contributed by atoms with Crippen molar-refractivity contribution < 1.29 is 27.2 Å². The lowest BCUT2D eigenvalue weighted by molar-refractivity contribution is -0.140. The Morgan fingerprint density at radius 1 is 1.12 bits per heavy atom. The number of carbonyl (C=O) groups excluding carboxylic acids is 2. The van der Waals surface area contributed by atoms with Crippen molar-refractivity contribution in [1.82, 2.24) is 15.5 Å². The SMILES string of the molecule is CC(NC(=O)c1ccc(F)c(C(F)(F)F)c1)C(=O)NCC1CCN(Cc2ccc(Cl)cc2)CC1. The lowest BCUT2D eigenvalue weighted by atomic mass is 9.96. The van der Waals surface area contributed by atoms with Gasteiger partial charge >= 0.3 is 6.18 Å². The van der Waals surface area contributed by atoms with E-state index in [9.17, 15) is 27.2 Å². The topological polar surface area (TPSA) is 61.4 Å². The summed E-state index contributed by atoms with van der Waals surface area (Å²) in [5.41, 5.74) is -0.717. The summed E-state index contributed by atoms with van der Waals surface area (Å²) in [4.78, 5) is 27.0. The molecular formula is C24H26ClF4N3O2. The summed E-state index contributed by atoms with van der Waals surface area (Å²) in [6.45, 7) is 4.50. The molecular weight excluding hydrogens is 474 g/mol. The smallest absolute Gasteiger partial charge is 0.354 e. The van der Waals surface area contributed by atoms with Crippen LogP contribution < -0.4 is 10.6 Å². The molecule has 1 atom stereocenters. The number of rotatable bonds is 7. The molecule has 1 aliphatic heterocycles. The van der Waals surface area contributed by atoms with Crippen molar-refractivity contribution in [2.45, 2.75) is 38.5 Å². The average Bonchev–Trinajstić information content (AvgIpc) is 2.79. The zero-order chi connectivity index (χ0) is 24.9. The molecule has 1 aliphatic rings. The summed E-state index contributed by atoms with van der Waals surface area (Å²) in [5.74, 6) is -2.49. The third kappa shape index (κ3) is 7.17. The molecule has 2 aromatic rings. The molecule has 0 bridgehead atoms. The summed E-state index contributed by atoms with van der Waals surface area (Å²) in [6, 6.07) is 8.74. The van der Waals surface area contributed by atoms with Crippen molar-refractivity contribution in [3.05, 3.63) is 70.0 Å². The van der Waals surface area contributed by atoms with E-state index in [4.69, 9.17) is 11.6 Å². The number of nitrogens with zero attached hydrogens (tertiary/aromatic N) is 1. The minimum atomic E-state index is -4.92. The van der Waals surface area contributed by atoms with Gasteiger partial charge in [-0.05, 0) is 74.7 Å². The van der Waals surface area contributed by atoms with Crippen LogP contribution in [0.5, 0.6) is 0 Å². The van der Waals surface area contributed by atoms with Crippen LogP contribution in [0.1, 0.15) is 41.3 Å². The first-order valence-electron chi connectivity index (χ1n) is 10.9. The van der Waals surface area contributed by atoms with Crippen molar-refractivity contribution >= 4 is 23.4 Å². The number of likely N-dealkylation sites (tertiary alicyclic amines) is 1. The van der Waals surface area contributed by atoms with Crippen LogP contribution in [0.25, 0.3) is 0 Å². The standard InChI is InChI=1S/C24H26ClF4N3O2/c1-15(31-23(34)18-4-7-21(26)20(12-18)24(27,28)29)22(33)30-13-16-8-10-32(11-9-16)14-17-2-5-19(25)6-3-17/h2-7,12,15-16H,8-11,13-14H2,1H3,(H,30,33)(H,31,34). The molecule has 0 aromatic heterocycles. The molecule has 1 heterocycles. The molecule has 1 fully saturated rings. The predicted molar refractivity (Wildman–Crippen MR) is 121 cm³/mol. The van der Waals surface area contributed by atoms with E-state index in [0.29, 0.717) is 29.6 Å². The lowest BCUT2D eigenvalue weighted by Crippen LogP contribution is -2.47. The number of carbonyl (C=O) groups is 2. The zero-order valence-electron chi connectivity index (χ0n) is 18.6. The highest BCUT2D eigenvalue weighted by Crippen LogP contribution is 2.31. The van der Waals surface area contributed by atoms with Gasteiger partial charge in [-0.3, -0.25) is 14.5 Å². The van der Waals surface area contributed by atoms with Gasteiger partial charge in [0.05, 0.1) is 5.56 Å². The van der Waals surface area contributed by atoms with E-state index in [1.807, 2.05) is 24.3 Å². The Balaban J connectivity index is 1.43. The van der Waals surface area contributed by atoms with E-state index in [2.05, 4.69) is 15.5 Å². The van der Waals surface area contributed by atoms with E-state index in [0.717, 1.165) is 38.5 Å². The fourth-order valence-electron chi connectivity index (χ4n) is 3.82. The van der Waals surface area contributed by atoms with Crippen LogP contribution in [-0.4, -0.2) is 42.4 Å². The van der Waals surface area contributed by atoms with Gasteiger partial charge in [0.1, 0.15) is 11.9 Å². The first-order valence-corrected chi connectivity index (χ1v) is 11.3. The van der Waals surface area contributed by atoms with E-state index in [1.54, 1.807) is 0 Å². The normalized spacial score (nSPS) is 16.2. The molecule has 1 unspecified atom stereocenters. The maximum Gasteiger partial charge on any atom is 0.419 e. The molecule has 0 aliphatic carbocycles. The molecule has 5 nitrogen and oxygen atoms in total. The number of hydrogen-bond acceptors (Lipinski definition) is 3. The highest BCUT2D eigenvalue weighted by Gasteiger charge is 2.35. The quantitative estimate of drug-likeness (QED) is 0.545. The number of amides is 2. The van der Waals surface area contributed by atoms with Crippen molar-refractivity contribution in [2.75, 3.05) is 19.6 Å². The Morgan fingerprint density at radius 3 is 2.38 bits per heavy atom. The van der Waals surface area contributed by atoms with Gasteiger partial charge in [0.2, 0.25) is 5.91 Å². The van der Waals surface area contributed by atoms with Gasteiger partial charge in [-0.25, -0.2) is 4.39 Å². The maximum absolute atomic E-state index is 13.4. The van der Waals surface area contributed by atoms with Crippen molar-refractivity contribution in [1.29, 1.82) is 0 Å². The second kappa shape index (κ2) is 11.2. The first-order chi connectivity index (χ1) is 16.0. The Hall–Kier alpha value is -2.65. The second-order valence-electron chi connectivity index (χ2n) is 8.48. The van der Waals surface area contributed by atoms with E-state index in [1.165, 1.54) is 12.5 Å². The van der Waals surface area contributed by atoms with Gasteiger partial charge < -0.3 is 10.6 Å². The predicted octanol–water partition coefficient (Wildman–Crippen LogP) is 4.64. The minimum absolute atomic E-state index is 0.291. The molecule has 3 rings (SSSR count). The van der Waals surface area contributed by atoms with Crippen LogP contribution in [-0.2, 0) is 17.5 Å². The van der Waals surface area contributed by atoms with Crippen molar-refractivity contribution in [3.63, 3.8) is 0 Å². The fourth-order valence-corrected chi connectivity index (χ4v) is 3.95. The molecule has 2 amide bonds. The second-order valence-corrected chi connectivity index (χ2v) is 8.92. The Kier molecular flexibility index (Phi) is 8.54. The Labute approximate surface area is 200 Å². The van der Waals surface area contributed by atoms with Crippen molar-refractivity contribution in [2.24, 2.45) is 5.92 Å². The summed E-state index contributed by atoms with van der Waals surface area (Å²) in [6.07, 6.45) is -3.11. The maximum atomic E-state index is 13.4. The van der Waals surface area contributed by atoms with Crippen LogP contribution in [0.2, 0.25) is 5.02 Å². The fraction of sp³-hybridized carbons (Fsp3) is 0.417. The number of piperidine rings is 1. The Morgan fingerprint density at radius 2 is 1.76 bits per heavy atom. The van der Waals surface area contributed by atoms with Gasteiger partial charge in [0, 0.05) is 23.7 Å². The Bertz CT molecular complexity index is 1010. The first kappa shape index (κ1) is 26.0. The lowest BCUT2D eigenvalue weighted by Gasteiger charge is -2.32. The molecule has 2 N–H and O–H groups in total. The molecule has 2 aromatic carbocycles. The summed E-state index contributed by atoms with van der Waals surface area (Å²) >= 11 is 5.92. The molecule has 34 heavy (non-hydrogen) atoms. The van der Waals surface area contributed by atoms with E-state index >= 15 is 0 Å². The highest BCUT2D eigenvalue weighted by atomic mass is 35.5. The summed E-state index contributed by atoms with van der Waals surface area (Å²) in [5, 5.41) is 5.86. The van der Waals surface area contributed by atoms with Crippen LogP contribution in [0.15, 0.2) is 42.5 Å². The van der Waals surface area contributed by atoms with Gasteiger partial charge in [-0.15, -0.1) is 0 Å². The molecule has 0 saturated carbocycles. The third-order valence-electron chi connectivity index (χ3n) is 5.87. The monoisotopic (exact) mass is 499 g/mol. The molecule has 0 spiro atoms. The van der Waals surface area contributed by atoms with Gasteiger partial charge in [0.25, 0.3) is 5.91 Å². The largest absolute Gasteiger partial charge is 0.419 e. The van der Waals surface area contributed by atoms with E-state index < -0.39 is 35.4 Å². The average molecular weight is 500 g/mol. The van der Waals surface area contributed by atoms with Crippen molar-refractivity contribution in [3.8, 4) is 0 Å². The van der Waals surface area contributed by atoms with Crippen LogP contribution >= 0.6 is 11.6 Å². The number of hydrogen-bond donors (Lipinski definition) is 2. The summed E-state index contributed by atoms with van der Waals surface area (Å²) < 4.78 is 52.0. The molecule has 0 radical (unpaired) electrons. The minimum Gasteiger partial charge on any atom is -0.354 e. The van der Waals surface area contributed by atoms with Gasteiger partial charge in [-0.2, -0.15) is 13.2 Å². The number of benzene rings is 2. The van der Waals surface area contributed by atoms with Crippen LogP contribution in [0.3, 0.4) is 0 Å². The number of alkyl halides is 3. The molecule has 184 valence electrons. The zero-order valence-corrected chi connectivity index (χ0v) is 19.3. The van der Waals surface area contributed by atoms with Crippen LogP contribution in [0, 0.1) is 11.7 Å². The van der Waals surface area contributed by atoms with E-state index in [-0.39, 0.29) is 5.56 Å². The third-order valence-corrected chi connectivity index (χ3v) is 6.12. The highest BCUT2D eigenvalue weighted by molar-refractivity contribution is 6.30. The van der Waals surface area contributed by atoms with Gasteiger partial charge in [-0.1, -0.05) is 23.7 Å². The van der Waals surface area contributed by atoms with Crippen LogP contribution in [0.4, 0.5) is 17.6 Å². The summed E-state index contributed by atoms with van der Waals surface area (Å²) in [7, 11) is 0. The molecule has 10 heteroatoms. The number of halogens is 5. The number of nitrogens with one attached hydrogen (secondary N) is 2. The van der Waals surface area contributed by atoms with Gasteiger partial charge in [0.15, 0.2) is 0 Å². The molecule has 1 saturated heterocycles.